The molecule has 0 aromatic carbocycles. The van der Waals surface area contributed by atoms with Gasteiger partial charge in [0, 0.05) is 24.4 Å². The van der Waals surface area contributed by atoms with Gasteiger partial charge in [-0.2, -0.15) is 0 Å². The summed E-state index contributed by atoms with van der Waals surface area (Å²) in [6.45, 7) is 7.53. The number of methoxy groups -OCH3 is 1. The molecule has 0 radical (unpaired) electrons. The van der Waals surface area contributed by atoms with Crippen LogP contribution in [-0.2, 0) is 16.0 Å². The van der Waals surface area contributed by atoms with Gasteiger partial charge in [-0.1, -0.05) is 6.92 Å². The fraction of sp³-hybridized carbons (Fsp3) is 0.692. The number of aryl methyl sites for hydroxylation is 1. The molecule has 1 heterocycles. The average Bonchev–Trinajstić information content (AvgIpc) is 2.80. The third-order valence-corrected chi connectivity index (χ3v) is 3.61. The topological polar surface area (TPSA) is 42.4 Å². The van der Waals surface area contributed by atoms with Gasteiger partial charge in [0.05, 0.1) is 19.2 Å². The van der Waals surface area contributed by atoms with Crippen molar-refractivity contribution in [1.82, 2.24) is 4.98 Å². The van der Waals surface area contributed by atoms with Gasteiger partial charge in [0.1, 0.15) is 0 Å². The Labute approximate surface area is 113 Å². The normalized spacial score (nSPS) is 10.7. The number of ether oxygens (including phenoxy) is 1. The van der Waals surface area contributed by atoms with E-state index in [4.69, 9.17) is 0 Å². The molecule has 0 bridgehead atoms. The fourth-order valence-electron chi connectivity index (χ4n) is 1.69. The van der Waals surface area contributed by atoms with Crippen molar-refractivity contribution in [3.8, 4) is 0 Å². The van der Waals surface area contributed by atoms with E-state index >= 15 is 0 Å². The predicted molar refractivity (Wildman–Crippen MR) is 75.2 cm³/mol. The molecular weight excluding hydrogens is 248 g/mol. The van der Waals surface area contributed by atoms with Crippen LogP contribution in [0.5, 0.6) is 0 Å². The van der Waals surface area contributed by atoms with Crippen LogP contribution in [0.25, 0.3) is 0 Å². The Morgan fingerprint density at radius 3 is 2.83 bits per heavy atom. The highest BCUT2D eigenvalue weighted by molar-refractivity contribution is 7.13. The van der Waals surface area contributed by atoms with E-state index < -0.39 is 0 Å². The second-order valence-electron chi connectivity index (χ2n) is 4.48. The van der Waals surface area contributed by atoms with Crippen LogP contribution in [0.3, 0.4) is 0 Å². The highest BCUT2D eigenvalue weighted by atomic mass is 32.1. The average molecular weight is 270 g/mol. The summed E-state index contributed by atoms with van der Waals surface area (Å²) in [5.41, 5.74) is 0.974. The molecule has 102 valence electrons. The Kier molecular flexibility index (Phi) is 6.12. The van der Waals surface area contributed by atoms with Crippen molar-refractivity contribution in [2.24, 2.45) is 0 Å². The molecule has 1 aromatic heterocycles. The molecule has 0 saturated heterocycles. The third-order valence-electron chi connectivity index (χ3n) is 2.69. The minimum Gasteiger partial charge on any atom is -0.469 e. The molecule has 0 aliphatic heterocycles. The first-order chi connectivity index (χ1) is 8.58. The lowest BCUT2D eigenvalue weighted by Gasteiger charge is -2.25. The summed E-state index contributed by atoms with van der Waals surface area (Å²) >= 11 is 1.65. The summed E-state index contributed by atoms with van der Waals surface area (Å²) < 4.78 is 4.63. The van der Waals surface area contributed by atoms with E-state index in [0.717, 1.165) is 23.8 Å². The molecule has 0 saturated carbocycles. The molecular formula is C13H22N2O2S. The lowest BCUT2D eigenvalue weighted by atomic mass is 10.2. The van der Waals surface area contributed by atoms with E-state index in [0.29, 0.717) is 18.9 Å². The van der Waals surface area contributed by atoms with Crippen LogP contribution in [0.4, 0.5) is 5.13 Å². The van der Waals surface area contributed by atoms with Crippen LogP contribution >= 0.6 is 11.3 Å². The maximum absolute atomic E-state index is 11.1. The number of thiazole rings is 1. The molecule has 1 rings (SSSR count). The number of anilines is 1. The van der Waals surface area contributed by atoms with Crippen molar-refractivity contribution in [2.45, 2.75) is 46.1 Å². The first-order valence-corrected chi connectivity index (χ1v) is 7.24. The van der Waals surface area contributed by atoms with Gasteiger partial charge in [-0.15, -0.1) is 11.3 Å². The maximum Gasteiger partial charge on any atom is 0.305 e. The van der Waals surface area contributed by atoms with Crippen LogP contribution < -0.4 is 4.90 Å². The van der Waals surface area contributed by atoms with Gasteiger partial charge in [0.15, 0.2) is 5.13 Å². The van der Waals surface area contributed by atoms with Gasteiger partial charge in [0.2, 0.25) is 0 Å². The van der Waals surface area contributed by atoms with E-state index in [1.165, 1.54) is 7.11 Å². The van der Waals surface area contributed by atoms with Crippen LogP contribution in [0.1, 0.15) is 39.3 Å². The molecule has 0 unspecified atom stereocenters. The molecule has 5 heteroatoms. The first-order valence-electron chi connectivity index (χ1n) is 6.36. The Hall–Kier alpha value is -1.10. The number of carbonyl (C=O) groups excluding carboxylic acids is 1. The monoisotopic (exact) mass is 270 g/mol. The van der Waals surface area contributed by atoms with Crippen molar-refractivity contribution in [2.75, 3.05) is 18.6 Å². The number of carbonyl (C=O) groups is 1. The third kappa shape index (κ3) is 4.29. The number of hydrogen-bond donors (Lipinski definition) is 0. The smallest absolute Gasteiger partial charge is 0.305 e. The van der Waals surface area contributed by atoms with Crippen molar-refractivity contribution >= 4 is 22.4 Å². The van der Waals surface area contributed by atoms with Crippen LogP contribution in [0, 0.1) is 0 Å². The van der Waals surface area contributed by atoms with Gasteiger partial charge in [0.25, 0.3) is 0 Å². The Morgan fingerprint density at radius 2 is 2.28 bits per heavy atom. The number of rotatable bonds is 7. The van der Waals surface area contributed by atoms with Crippen molar-refractivity contribution in [1.29, 1.82) is 0 Å². The minimum atomic E-state index is -0.182. The lowest BCUT2D eigenvalue weighted by Crippen LogP contribution is -2.31. The molecule has 0 spiro atoms. The molecule has 0 atom stereocenters. The molecule has 0 fully saturated rings. The minimum absolute atomic E-state index is 0.182. The summed E-state index contributed by atoms with van der Waals surface area (Å²) in [5.74, 6) is -0.182. The van der Waals surface area contributed by atoms with Crippen molar-refractivity contribution in [3.05, 3.63) is 11.1 Å². The first kappa shape index (κ1) is 15.0. The molecule has 4 nitrogen and oxygen atoms in total. The SMILES string of the molecule is CCCN(c1nc(CCC(=O)OC)cs1)C(C)C. The second kappa shape index (κ2) is 7.36. The quantitative estimate of drug-likeness (QED) is 0.715. The zero-order chi connectivity index (χ0) is 13.5. The van der Waals surface area contributed by atoms with Crippen molar-refractivity contribution < 1.29 is 9.53 Å². The van der Waals surface area contributed by atoms with Gasteiger partial charge in [-0.25, -0.2) is 4.98 Å². The standard InChI is InChI=1S/C13H22N2O2S/c1-5-8-15(10(2)3)13-14-11(9-18-13)6-7-12(16)17-4/h9-10H,5-8H2,1-4H3. The summed E-state index contributed by atoms with van der Waals surface area (Å²) in [7, 11) is 1.41. The lowest BCUT2D eigenvalue weighted by molar-refractivity contribution is -0.140. The summed E-state index contributed by atoms with van der Waals surface area (Å²) in [6.07, 6.45) is 2.16. The molecule has 0 aliphatic rings. The molecule has 1 aromatic rings. The fourth-order valence-corrected chi connectivity index (χ4v) is 2.71. The maximum atomic E-state index is 11.1. The van der Waals surface area contributed by atoms with Crippen LogP contribution in [-0.4, -0.2) is 30.6 Å². The van der Waals surface area contributed by atoms with Gasteiger partial charge < -0.3 is 9.64 Å². The van der Waals surface area contributed by atoms with E-state index in [9.17, 15) is 4.79 Å². The molecule has 0 N–H and O–H groups in total. The molecule has 0 aliphatic carbocycles. The number of nitrogens with zero attached hydrogens (tertiary/aromatic N) is 2. The largest absolute Gasteiger partial charge is 0.469 e. The number of hydrogen-bond acceptors (Lipinski definition) is 5. The molecule has 0 amide bonds. The number of aromatic nitrogens is 1. The second-order valence-corrected chi connectivity index (χ2v) is 5.32. The Bertz CT molecular complexity index is 377. The molecule has 18 heavy (non-hydrogen) atoms. The van der Waals surface area contributed by atoms with E-state index in [1.807, 2.05) is 5.38 Å². The number of esters is 1. The van der Waals surface area contributed by atoms with Gasteiger partial charge in [-0.3, -0.25) is 4.79 Å². The summed E-state index contributed by atoms with van der Waals surface area (Å²) in [4.78, 5) is 18.0. The Balaban J connectivity index is 2.63. The van der Waals surface area contributed by atoms with E-state index in [-0.39, 0.29) is 5.97 Å². The Morgan fingerprint density at radius 1 is 1.56 bits per heavy atom. The summed E-state index contributed by atoms with van der Waals surface area (Å²) in [5, 5.41) is 3.08. The highest BCUT2D eigenvalue weighted by Gasteiger charge is 2.14. The zero-order valence-corrected chi connectivity index (χ0v) is 12.4. The summed E-state index contributed by atoms with van der Waals surface area (Å²) in [6, 6.07) is 0.449. The van der Waals surface area contributed by atoms with Gasteiger partial charge in [-0.05, 0) is 20.3 Å². The van der Waals surface area contributed by atoms with E-state index in [2.05, 4.69) is 35.4 Å². The van der Waals surface area contributed by atoms with E-state index in [1.54, 1.807) is 11.3 Å². The van der Waals surface area contributed by atoms with Crippen molar-refractivity contribution in [3.63, 3.8) is 0 Å². The van der Waals surface area contributed by atoms with Crippen LogP contribution in [0.15, 0.2) is 5.38 Å². The predicted octanol–water partition coefficient (Wildman–Crippen LogP) is 2.87. The van der Waals surface area contributed by atoms with Gasteiger partial charge >= 0.3 is 5.97 Å². The van der Waals surface area contributed by atoms with Crippen LogP contribution in [0.2, 0.25) is 0 Å². The zero-order valence-electron chi connectivity index (χ0n) is 11.6. The highest BCUT2D eigenvalue weighted by Crippen LogP contribution is 2.23.